The van der Waals surface area contributed by atoms with Crippen LogP contribution in [0.25, 0.3) is 0 Å². The van der Waals surface area contributed by atoms with Crippen LogP contribution >= 0.6 is 23.4 Å². The smallest absolute Gasteiger partial charge is 0.284 e. The normalized spacial score (nSPS) is 10.5. The van der Waals surface area contributed by atoms with Gasteiger partial charge >= 0.3 is 0 Å². The summed E-state index contributed by atoms with van der Waals surface area (Å²) in [4.78, 5) is 24.7. The maximum Gasteiger partial charge on any atom is 0.284 e. The summed E-state index contributed by atoms with van der Waals surface area (Å²) in [5, 5.41) is 14.6. The second-order valence-corrected chi connectivity index (χ2v) is 7.37. The van der Waals surface area contributed by atoms with E-state index in [0.717, 1.165) is 29.4 Å². The quantitative estimate of drug-likeness (QED) is 0.385. The Kier molecular flexibility index (Phi) is 6.34. The number of hydrogen-bond donors (Lipinski definition) is 1. The first-order valence-corrected chi connectivity index (χ1v) is 9.79. The second kappa shape index (κ2) is 8.91. The molecule has 0 fully saturated rings. The van der Waals surface area contributed by atoms with Gasteiger partial charge in [0.1, 0.15) is 4.90 Å². The Bertz CT molecular complexity index is 1040. The molecule has 1 amide bonds. The number of nitrogens with zero attached hydrogens (tertiary/aromatic N) is 1. The third kappa shape index (κ3) is 4.35. The van der Waals surface area contributed by atoms with Crippen LogP contribution in [0.2, 0.25) is 5.02 Å². The zero-order valence-electron chi connectivity index (χ0n) is 15.0. The van der Waals surface area contributed by atoms with E-state index in [9.17, 15) is 14.9 Å². The average Bonchev–Trinajstić information content (AvgIpc) is 2.70. The van der Waals surface area contributed by atoms with Crippen molar-refractivity contribution in [1.82, 2.24) is 0 Å². The molecule has 142 valence electrons. The Morgan fingerprint density at radius 2 is 1.79 bits per heavy atom. The molecule has 0 aliphatic rings. The molecule has 3 aromatic carbocycles. The number of anilines is 1. The highest BCUT2D eigenvalue weighted by molar-refractivity contribution is 7.99. The summed E-state index contributed by atoms with van der Waals surface area (Å²) in [7, 11) is 0. The lowest BCUT2D eigenvalue weighted by molar-refractivity contribution is -0.387. The fourth-order valence-electron chi connectivity index (χ4n) is 2.74. The Hall–Kier alpha value is -2.83. The van der Waals surface area contributed by atoms with Crippen LogP contribution in [0.15, 0.2) is 76.5 Å². The van der Waals surface area contributed by atoms with Crippen molar-refractivity contribution in [3.8, 4) is 0 Å². The van der Waals surface area contributed by atoms with Gasteiger partial charge < -0.3 is 5.32 Å². The number of amides is 1. The molecule has 0 aliphatic heterocycles. The number of nitrogens with one attached hydrogen (secondary N) is 1. The summed E-state index contributed by atoms with van der Waals surface area (Å²) in [5.74, 6) is -0.279. The monoisotopic (exact) mass is 412 g/mol. The molecule has 5 nitrogen and oxygen atoms in total. The minimum Gasteiger partial charge on any atom is -0.322 e. The van der Waals surface area contributed by atoms with E-state index < -0.39 is 4.92 Å². The van der Waals surface area contributed by atoms with Gasteiger partial charge in [-0.15, -0.1) is 0 Å². The Labute approximate surface area is 171 Å². The number of aryl methyl sites for hydroxylation is 1. The lowest BCUT2D eigenvalue weighted by atomic mass is 10.1. The number of carbonyl (C=O) groups is 1. The Morgan fingerprint density at radius 1 is 1.07 bits per heavy atom. The van der Waals surface area contributed by atoms with Crippen molar-refractivity contribution >= 4 is 40.6 Å². The molecule has 0 radical (unpaired) electrons. The van der Waals surface area contributed by atoms with Gasteiger partial charge in [0.2, 0.25) is 0 Å². The van der Waals surface area contributed by atoms with E-state index in [-0.39, 0.29) is 16.6 Å². The van der Waals surface area contributed by atoms with Crippen molar-refractivity contribution in [2.75, 3.05) is 5.32 Å². The number of hydrogen-bond acceptors (Lipinski definition) is 4. The number of carbonyl (C=O) groups excluding carboxylic acids is 1. The maximum atomic E-state index is 12.9. The molecule has 0 unspecified atom stereocenters. The molecule has 0 heterocycles. The largest absolute Gasteiger partial charge is 0.322 e. The van der Waals surface area contributed by atoms with Crippen molar-refractivity contribution in [3.63, 3.8) is 0 Å². The maximum absolute atomic E-state index is 12.9. The summed E-state index contributed by atoms with van der Waals surface area (Å²) in [5.41, 5.74) is 2.11. The second-order valence-electron chi connectivity index (χ2n) is 5.91. The van der Waals surface area contributed by atoms with E-state index in [0.29, 0.717) is 15.4 Å². The zero-order valence-corrected chi connectivity index (χ0v) is 16.6. The highest BCUT2D eigenvalue weighted by Crippen LogP contribution is 2.41. The Morgan fingerprint density at radius 3 is 2.54 bits per heavy atom. The van der Waals surface area contributed by atoms with Gasteiger partial charge in [-0.25, -0.2) is 0 Å². The van der Waals surface area contributed by atoms with Crippen LogP contribution in [0.4, 0.5) is 11.4 Å². The van der Waals surface area contributed by atoms with E-state index in [2.05, 4.69) is 5.32 Å². The van der Waals surface area contributed by atoms with Gasteiger partial charge in [0.25, 0.3) is 11.6 Å². The van der Waals surface area contributed by atoms with Gasteiger partial charge in [-0.05, 0) is 36.2 Å². The van der Waals surface area contributed by atoms with Crippen LogP contribution < -0.4 is 5.32 Å². The topological polar surface area (TPSA) is 72.2 Å². The lowest BCUT2D eigenvalue weighted by Gasteiger charge is -2.13. The molecular weight excluding hydrogens is 396 g/mol. The summed E-state index contributed by atoms with van der Waals surface area (Å²) >= 11 is 7.31. The van der Waals surface area contributed by atoms with Crippen molar-refractivity contribution in [3.05, 3.63) is 93.0 Å². The van der Waals surface area contributed by atoms with Crippen LogP contribution in [0, 0.1) is 10.1 Å². The number of halogens is 1. The van der Waals surface area contributed by atoms with Crippen molar-refractivity contribution in [2.45, 2.75) is 23.1 Å². The third-order valence-corrected chi connectivity index (χ3v) is 5.77. The van der Waals surface area contributed by atoms with Crippen LogP contribution in [0.5, 0.6) is 0 Å². The fourth-order valence-corrected chi connectivity index (χ4v) is 4.07. The fraction of sp³-hybridized carbons (Fsp3) is 0.0952. The van der Waals surface area contributed by atoms with Crippen LogP contribution in [0.3, 0.4) is 0 Å². The molecule has 1 N–H and O–H groups in total. The van der Waals surface area contributed by atoms with Crippen LogP contribution in [0.1, 0.15) is 22.8 Å². The molecule has 3 aromatic rings. The first-order chi connectivity index (χ1) is 13.5. The van der Waals surface area contributed by atoms with E-state index >= 15 is 0 Å². The molecule has 0 bridgehead atoms. The predicted molar refractivity (Wildman–Crippen MR) is 112 cm³/mol. The molecule has 0 saturated carbocycles. The highest BCUT2D eigenvalue weighted by atomic mass is 35.5. The van der Waals surface area contributed by atoms with E-state index in [1.807, 2.05) is 31.2 Å². The van der Waals surface area contributed by atoms with E-state index in [1.165, 1.54) is 12.1 Å². The van der Waals surface area contributed by atoms with Crippen molar-refractivity contribution in [1.29, 1.82) is 0 Å². The molecule has 28 heavy (non-hydrogen) atoms. The SMILES string of the molecule is CCc1ccccc1NC(=O)c1ccccc1Sc1c(Cl)cccc1[N+](=O)[O-]. The third-order valence-electron chi connectivity index (χ3n) is 4.13. The number of benzene rings is 3. The average molecular weight is 413 g/mol. The molecule has 7 heteroatoms. The lowest BCUT2D eigenvalue weighted by Crippen LogP contribution is -2.14. The molecule has 3 rings (SSSR count). The summed E-state index contributed by atoms with van der Waals surface area (Å²) < 4.78 is 0. The number of para-hydroxylation sites is 1. The van der Waals surface area contributed by atoms with Gasteiger partial charge in [0, 0.05) is 16.6 Å². The van der Waals surface area contributed by atoms with Gasteiger partial charge in [-0.3, -0.25) is 14.9 Å². The van der Waals surface area contributed by atoms with Crippen molar-refractivity contribution in [2.24, 2.45) is 0 Å². The number of nitro groups is 1. The molecular formula is C21H17ClN2O3S. The standard InChI is InChI=1S/C21H17ClN2O3S/c1-2-14-8-3-5-11-17(14)23-21(25)15-9-4-6-13-19(15)28-20-16(22)10-7-12-18(20)24(26)27/h3-13H,2H2,1H3,(H,23,25). The molecule has 0 aromatic heterocycles. The Balaban J connectivity index is 1.95. The van der Waals surface area contributed by atoms with Gasteiger partial charge in [0.15, 0.2) is 0 Å². The van der Waals surface area contributed by atoms with Gasteiger partial charge in [-0.1, -0.05) is 66.7 Å². The number of rotatable bonds is 6. The first kappa shape index (κ1) is 19.9. The van der Waals surface area contributed by atoms with Gasteiger partial charge in [-0.2, -0.15) is 0 Å². The highest BCUT2D eigenvalue weighted by Gasteiger charge is 2.21. The van der Waals surface area contributed by atoms with E-state index in [4.69, 9.17) is 11.6 Å². The summed E-state index contributed by atoms with van der Waals surface area (Å²) in [6, 6.07) is 19.1. The minimum atomic E-state index is -0.478. The first-order valence-electron chi connectivity index (χ1n) is 8.60. The summed E-state index contributed by atoms with van der Waals surface area (Å²) in [6.07, 6.45) is 0.790. The van der Waals surface area contributed by atoms with Crippen LogP contribution in [-0.2, 0) is 6.42 Å². The molecule has 0 aliphatic carbocycles. The van der Waals surface area contributed by atoms with Crippen molar-refractivity contribution < 1.29 is 9.72 Å². The van der Waals surface area contributed by atoms with E-state index in [1.54, 1.807) is 30.3 Å². The van der Waals surface area contributed by atoms with Crippen LogP contribution in [-0.4, -0.2) is 10.8 Å². The minimum absolute atomic E-state index is 0.0935. The zero-order chi connectivity index (χ0) is 20.1. The van der Waals surface area contributed by atoms with Gasteiger partial charge in [0.05, 0.1) is 15.5 Å². The molecule has 0 saturated heterocycles. The summed E-state index contributed by atoms with van der Waals surface area (Å²) in [6.45, 7) is 2.02. The number of nitro benzene ring substituents is 1. The predicted octanol–water partition coefficient (Wildman–Crippen LogP) is 6.21. The molecule has 0 spiro atoms. The molecule has 0 atom stereocenters.